The van der Waals surface area contributed by atoms with Gasteiger partial charge in [0.05, 0.1) is 26.9 Å². The molecule has 1 aliphatic heterocycles. The second kappa shape index (κ2) is 7.14. The Morgan fingerprint density at radius 2 is 1.79 bits per heavy atom. The molecular weight excluding hydrogens is 302 g/mol. The van der Waals surface area contributed by atoms with Crippen molar-refractivity contribution < 1.29 is 14.2 Å². The molecule has 2 aromatic rings. The van der Waals surface area contributed by atoms with Gasteiger partial charge in [0.15, 0.2) is 11.5 Å². The van der Waals surface area contributed by atoms with E-state index < -0.39 is 0 Å². The lowest BCUT2D eigenvalue weighted by atomic mass is 9.88. The standard InChI is InChI=1S/C20H25NO3/c1-5-24-20-15-10-11-21-19(14(15)7-9-18(20)23-4)16-12-13(2)6-8-17(16)22-3/h6-9,12,19,21H,5,10-11H2,1-4H3. The third-order valence-electron chi connectivity index (χ3n) is 4.50. The molecule has 0 spiro atoms. The van der Waals surface area contributed by atoms with Gasteiger partial charge in [-0.2, -0.15) is 0 Å². The van der Waals surface area contributed by atoms with Crippen LogP contribution in [0, 0.1) is 6.92 Å². The van der Waals surface area contributed by atoms with Crippen molar-refractivity contribution in [1.29, 1.82) is 0 Å². The maximum Gasteiger partial charge on any atom is 0.164 e. The molecular formula is C20H25NO3. The lowest BCUT2D eigenvalue weighted by Gasteiger charge is -2.30. The summed E-state index contributed by atoms with van der Waals surface area (Å²) >= 11 is 0. The van der Waals surface area contributed by atoms with Crippen LogP contribution in [0.15, 0.2) is 30.3 Å². The van der Waals surface area contributed by atoms with Crippen LogP contribution < -0.4 is 19.5 Å². The number of methoxy groups -OCH3 is 2. The summed E-state index contributed by atoms with van der Waals surface area (Å²) in [5.41, 5.74) is 4.84. The second-order valence-electron chi connectivity index (χ2n) is 5.98. The van der Waals surface area contributed by atoms with Crippen LogP contribution in [0.5, 0.6) is 17.2 Å². The largest absolute Gasteiger partial charge is 0.496 e. The molecule has 4 heteroatoms. The van der Waals surface area contributed by atoms with Gasteiger partial charge >= 0.3 is 0 Å². The Balaban J connectivity index is 2.13. The summed E-state index contributed by atoms with van der Waals surface area (Å²) in [5, 5.41) is 3.62. The third kappa shape index (κ3) is 2.94. The van der Waals surface area contributed by atoms with Crippen LogP contribution in [0.3, 0.4) is 0 Å². The molecule has 0 amide bonds. The Labute approximate surface area is 143 Å². The van der Waals surface area contributed by atoms with Crippen LogP contribution in [0.25, 0.3) is 0 Å². The zero-order chi connectivity index (χ0) is 17.1. The molecule has 1 unspecified atom stereocenters. The first-order valence-electron chi connectivity index (χ1n) is 8.40. The van der Waals surface area contributed by atoms with Gasteiger partial charge in [-0.1, -0.05) is 23.8 Å². The van der Waals surface area contributed by atoms with Crippen LogP contribution in [0.1, 0.15) is 35.2 Å². The van der Waals surface area contributed by atoms with E-state index in [1.165, 1.54) is 16.7 Å². The van der Waals surface area contributed by atoms with Crippen molar-refractivity contribution in [2.75, 3.05) is 27.4 Å². The molecule has 0 fully saturated rings. The van der Waals surface area contributed by atoms with Gasteiger partial charge in [0.25, 0.3) is 0 Å². The first-order valence-corrected chi connectivity index (χ1v) is 8.40. The van der Waals surface area contributed by atoms with Crippen molar-refractivity contribution in [3.63, 3.8) is 0 Å². The normalized spacial score (nSPS) is 16.4. The minimum absolute atomic E-state index is 0.0914. The molecule has 0 saturated heterocycles. The zero-order valence-corrected chi connectivity index (χ0v) is 14.8. The Hall–Kier alpha value is -2.20. The summed E-state index contributed by atoms with van der Waals surface area (Å²) in [6.45, 7) is 5.62. The molecule has 1 aliphatic rings. The molecule has 0 bridgehead atoms. The van der Waals surface area contributed by atoms with Crippen LogP contribution in [0.2, 0.25) is 0 Å². The van der Waals surface area contributed by atoms with E-state index in [0.717, 1.165) is 35.8 Å². The molecule has 1 atom stereocenters. The molecule has 0 radical (unpaired) electrons. The lowest BCUT2D eigenvalue weighted by molar-refractivity contribution is 0.305. The summed E-state index contributed by atoms with van der Waals surface area (Å²) in [4.78, 5) is 0. The molecule has 0 aromatic heterocycles. The minimum atomic E-state index is 0.0914. The highest BCUT2D eigenvalue weighted by atomic mass is 16.5. The molecule has 24 heavy (non-hydrogen) atoms. The number of nitrogens with one attached hydrogen (secondary N) is 1. The summed E-state index contributed by atoms with van der Waals surface area (Å²) in [6, 6.07) is 10.5. The van der Waals surface area contributed by atoms with Crippen LogP contribution in [-0.2, 0) is 6.42 Å². The SMILES string of the molecule is CCOc1c(OC)ccc2c1CCNC2c1cc(C)ccc1OC. The Kier molecular flexibility index (Phi) is 4.95. The third-order valence-corrected chi connectivity index (χ3v) is 4.50. The number of benzene rings is 2. The zero-order valence-electron chi connectivity index (χ0n) is 14.8. The fourth-order valence-electron chi connectivity index (χ4n) is 3.42. The van der Waals surface area contributed by atoms with E-state index >= 15 is 0 Å². The van der Waals surface area contributed by atoms with Crippen molar-refractivity contribution in [3.05, 3.63) is 52.6 Å². The summed E-state index contributed by atoms with van der Waals surface area (Å²) in [7, 11) is 3.41. The van der Waals surface area contributed by atoms with Gasteiger partial charge in [0.1, 0.15) is 5.75 Å². The maximum absolute atomic E-state index is 5.91. The number of fused-ring (bicyclic) bond motifs is 1. The highest BCUT2D eigenvalue weighted by Gasteiger charge is 2.28. The topological polar surface area (TPSA) is 39.7 Å². The predicted molar refractivity (Wildman–Crippen MR) is 95.4 cm³/mol. The minimum Gasteiger partial charge on any atom is -0.496 e. The molecule has 0 saturated carbocycles. The van der Waals surface area contributed by atoms with Crippen molar-refractivity contribution in [2.45, 2.75) is 26.3 Å². The van der Waals surface area contributed by atoms with Crippen molar-refractivity contribution in [2.24, 2.45) is 0 Å². The first-order chi connectivity index (χ1) is 11.7. The van der Waals surface area contributed by atoms with E-state index in [-0.39, 0.29) is 6.04 Å². The van der Waals surface area contributed by atoms with E-state index in [1.807, 2.05) is 19.1 Å². The van der Waals surface area contributed by atoms with Crippen LogP contribution >= 0.6 is 0 Å². The lowest BCUT2D eigenvalue weighted by Crippen LogP contribution is -2.31. The van der Waals surface area contributed by atoms with E-state index in [9.17, 15) is 0 Å². The smallest absolute Gasteiger partial charge is 0.164 e. The van der Waals surface area contributed by atoms with E-state index in [2.05, 4.69) is 30.4 Å². The van der Waals surface area contributed by atoms with Gasteiger partial charge in [-0.15, -0.1) is 0 Å². The van der Waals surface area contributed by atoms with E-state index in [4.69, 9.17) is 14.2 Å². The second-order valence-corrected chi connectivity index (χ2v) is 5.98. The molecule has 3 rings (SSSR count). The van der Waals surface area contributed by atoms with Gasteiger partial charge in [-0.25, -0.2) is 0 Å². The highest BCUT2D eigenvalue weighted by Crippen LogP contribution is 2.41. The molecule has 4 nitrogen and oxygen atoms in total. The van der Waals surface area contributed by atoms with E-state index in [1.54, 1.807) is 14.2 Å². The number of hydrogen-bond donors (Lipinski definition) is 1. The average molecular weight is 327 g/mol. The number of aryl methyl sites for hydroxylation is 1. The fraction of sp³-hybridized carbons (Fsp3) is 0.400. The highest BCUT2D eigenvalue weighted by molar-refractivity contribution is 5.56. The Morgan fingerprint density at radius 3 is 2.50 bits per heavy atom. The molecule has 0 aliphatic carbocycles. The molecule has 1 heterocycles. The number of rotatable bonds is 5. The van der Waals surface area contributed by atoms with Crippen molar-refractivity contribution >= 4 is 0 Å². The van der Waals surface area contributed by atoms with Gasteiger partial charge < -0.3 is 19.5 Å². The summed E-state index contributed by atoms with van der Waals surface area (Å²) in [5.74, 6) is 2.57. The maximum atomic E-state index is 5.91. The van der Waals surface area contributed by atoms with Gasteiger partial charge in [-0.3, -0.25) is 0 Å². The van der Waals surface area contributed by atoms with Gasteiger partial charge in [0.2, 0.25) is 0 Å². The predicted octanol–water partition coefficient (Wildman–Crippen LogP) is 3.65. The van der Waals surface area contributed by atoms with Gasteiger partial charge in [-0.05, 0) is 38.0 Å². The Morgan fingerprint density at radius 1 is 1.04 bits per heavy atom. The monoisotopic (exact) mass is 327 g/mol. The van der Waals surface area contributed by atoms with E-state index in [0.29, 0.717) is 6.61 Å². The summed E-state index contributed by atoms with van der Waals surface area (Å²) < 4.78 is 17.0. The quantitative estimate of drug-likeness (QED) is 0.910. The van der Waals surface area contributed by atoms with Crippen LogP contribution in [0.4, 0.5) is 0 Å². The Bertz CT molecular complexity index is 727. The summed E-state index contributed by atoms with van der Waals surface area (Å²) in [6.07, 6.45) is 0.923. The number of hydrogen-bond acceptors (Lipinski definition) is 4. The van der Waals surface area contributed by atoms with Crippen LogP contribution in [-0.4, -0.2) is 27.4 Å². The first kappa shape index (κ1) is 16.7. The molecule has 128 valence electrons. The van der Waals surface area contributed by atoms with Gasteiger partial charge in [0, 0.05) is 17.7 Å². The molecule has 1 N–H and O–H groups in total. The number of ether oxygens (including phenoxy) is 3. The molecule has 2 aromatic carbocycles. The fourth-order valence-corrected chi connectivity index (χ4v) is 3.42. The van der Waals surface area contributed by atoms with Crippen molar-refractivity contribution in [3.8, 4) is 17.2 Å². The van der Waals surface area contributed by atoms with Crippen molar-refractivity contribution in [1.82, 2.24) is 5.32 Å². The average Bonchev–Trinajstić information content (AvgIpc) is 2.61.